The van der Waals surface area contributed by atoms with Crippen molar-refractivity contribution < 1.29 is 0 Å². The number of fused-ring (bicyclic) bond motifs is 1. The largest absolute Gasteiger partial charge is 0.320 e. The second-order valence-electron chi connectivity index (χ2n) is 4.06. The highest BCUT2D eigenvalue weighted by Gasteiger charge is 2.13. The van der Waals surface area contributed by atoms with Crippen LogP contribution in [0, 0.1) is 0 Å². The molecule has 0 unspecified atom stereocenters. The van der Waals surface area contributed by atoms with Crippen LogP contribution >= 0.6 is 46.1 Å². The highest BCUT2D eigenvalue weighted by Crippen LogP contribution is 2.28. The third-order valence-corrected chi connectivity index (χ3v) is 4.62. The van der Waals surface area contributed by atoms with Crippen LogP contribution < -0.4 is 0 Å². The molecule has 0 bridgehead atoms. The smallest absolute Gasteiger partial charge is 0.125 e. The first-order valence-electron chi connectivity index (χ1n) is 5.63. The van der Waals surface area contributed by atoms with E-state index in [0.717, 1.165) is 26.1 Å². The summed E-state index contributed by atoms with van der Waals surface area (Å²) in [6.45, 7) is 0.680. The van der Waals surface area contributed by atoms with Gasteiger partial charge in [0.05, 0.1) is 32.8 Å². The Balaban J connectivity index is 2.15. The van der Waals surface area contributed by atoms with Crippen molar-refractivity contribution in [3.63, 3.8) is 0 Å². The number of alkyl halides is 1. The summed E-state index contributed by atoms with van der Waals surface area (Å²) in [6, 6.07) is 9.59. The molecule has 0 atom stereocenters. The van der Waals surface area contributed by atoms with E-state index in [9.17, 15) is 0 Å². The molecule has 2 heterocycles. The molecule has 0 amide bonds. The molecule has 3 rings (SSSR count). The molecule has 0 aliphatic heterocycles. The summed E-state index contributed by atoms with van der Waals surface area (Å²) in [5.74, 6) is 1.17. The lowest BCUT2D eigenvalue weighted by Crippen LogP contribution is -2.02. The number of imidazole rings is 1. The van der Waals surface area contributed by atoms with Gasteiger partial charge < -0.3 is 4.57 Å². The number of rotatable bonds is 3. The van der Waals surface area contributed by atoms with E-state index in [1.807, 2.05) is 34.9 Å². The number of aromatic nitrogens is 2. The summed E-state index contributed by atoms with van der Waals surface area (Å²) in [5.41, 5.74) is 1.79. The lowest BCUT2D eigenvalue weighted by molar-refractivity contribution is 0.789. The van der Waals surface area contributed by atoms with Crippen LogP contribution in [-0.4, -0.2) is 9.55 Å². The summed E-state index contributed by atoms with van der Waals surface area (Å²) >= 11 is 19.8. The second-order valence-corrected chi connectivity index (χ2v) is 6.54. The third-order valence-electron chi connectivity index (χ3n) is 2.86. The predicted octanol–water partition coefficient (Wildman–Crippen LogP) is 5.19. The van der Waals surface area contributed by atoms with Crippen LogP contribution in [0.5, 0.6) is 0 Å². The zero-order valence-corrected chi connectivity index (χ0v) is 12.8. The molecule has 1 aromatic carbocycles. The third kappa shape index (κ3) is 2.48. The van der Waals surface area contributed by atoms with Crippen molar-refractivity contribution in [2.75, 3.05) is 0 Å². The van der Waals surface area contributed by atoms with E-state index in [4.69, 9.17) is 34.8 Å². The predicted molar refractivity (Wildman–Crippen MR) is 82.7 cm³/mol. The van der Waals surface area contributed by atoms with Gasteiger partial charge >= 0.3 is 0 Å². The molecular weight excluding hydrogens is 323 g/mol. The number of para-hydroxylation sites is 1. The summed E-state index contributed by atoms with van der Waals surface area (Å²) < 4.78 is 2.82. The molecular formula is C13H9Cl3N2S. The molecule has 6 heteroatoms. The van der Waals surface area contributed by atoms with E-state index in [2.05, 4.69) is 4.98 Å². The molecule has 0 spiro atoms. The molecule has 98 valence electrons. The van der Waals surface area contributed by atoms with Crippen molar-refractivity contribution in [3.05, 3.63) is 50.4 Å². The zero-order valence-electron chi connectivity index (χ0n) is 9.74. The van der Waals surface area contributed by atoms with Gasteiger partial charge in [0.25, 0.3) is 0 Å². The average Bonchev–Trinajstić information content (AvgIpc) is 2.95. The SMILES string of the molecule is ClCc1nc2cccc(Cl)c2n1Cc1ccc(Cl)s1. The van der Waals surface area contributed by atoms with Gasteiger partial charge in [-0.3, -0.25) is 0 Å². The van der Waals surface area contributed by atoms with E-state index in [1.54, 1.807) is 11.3 Å². The summed E-state index contributed by atoms with van der Waals surface area (Å²) in [6.07, 6.45) is 0. The molecule has 2 aromatic heterocycles. The number of benzene rings is 1. The number of halogens is 3. The van der Waals surface area contributed by atoms with Gasteiger partial charge in [0, 0.05) is 4.88 Å². The maximum atomic E-state index is 6.28. The van der Waals surface area contributed by atoms with Crippen LogP contribution in [0.4, 0.5) is 0 Å². The van der Waals surface area contributed by atoms with Gasteiger partial charge in [-0.15, -0.1) is 22.9 Å². The van der Waals surface area contributed by atoms with Crippen molar-refractivity contribution in [2.45, 2.75) is 12.4 Å². The molecule has 0 N–H and O–H groups in total. The number of hydrogen-bond acceptors (Lipinski definition) is 2. The molecule has 0 saturated heterocycles. The summed E-state index contributed by atoms with van der Waals surface area (Å²) in [7, 11) is 0. The second kappa shape index (κ2) is 5.33. The fourth-order valence-corrected chi connectivity index (χ4v) is 3.61. The van der Waals surface area contributed by atoms with Crippen LogP contribution in [0.3, 0.4) is 0 Å². The topological polar surface area (TPSA) is 17.8 Å². The first-order valence-corrected chi connectivity index (χ1v) is 7.73. The van der Waals surface area contributed by atoms with Gasteiger partial charge in [-0.05, 0) is 24.3 Å². The van der Waals surface area contributed by atoms with Gasteiger partial charge in [-0.1, -0.05) is 29.3 Å². The summed E-state index contributed by atoms with van der Waals surface area (Å²) in [5, 5.41) is 0.684. The van der Waals surface area contributed by atoms with Crippen LogP contribution in [0.25, 0.3) is 11.0 Å². The average molecular weight is 332 g/mol. The van der Waals surface area contributed by atoms with Crippen LogP contribution in [-0.2, 0) is 12.4 Å². The van der Waals surface area contributed by atoms with Crippen molar-refractivity contribution in [3.8, 4) is 0 Å². The van der Waals surface area contributed by atoms with E-state index in [-0.39, 0.29) is 0 Å². The lowest BCUT2D eigenvalue weighted by atomic mass is 10.3. The zero-order chi connectivity index (χ0) is 13.4. The first kappa shape index (κ1) is 13.3. The molecule has 0 aliphatic carbocycles. The van der Waals surface area contributed by atoms with E-state index < -0.39 is 0 Å². The molecule has 0 aliphatic rings. The molecule has 3 aromatic rings. The Morgan fingerprint density at radius 3 is 2.68 bits per heavy atom. The standard InChI is InChI=1S/C13H9Cl3N2S/c14-6-12-17-10-3-1-2-9(15)13(10)18(12)7-8-4-5-11(16)19-8/h1-5H,6-7H2. The highest BCUT2D eigenvalue weighted by atomic mass is 35.5. The molecule has 0 saturated carbocycles. The number of hydrogen-bond donors (Lipinski definition) is 0. The Morgan fingerprint density at radius 2 is 2.00 bits per heavy atom. The van der Waals surface area contributed by atoms with Crippen molar-refractivity contribution in [1.82, 2.24) is 9.55 Å². The number of nitrogens with zero attached hydrogens (tertiary/aromatic N) is 2. The maximum absolute atomic E-state index is 6.28. The minimum atomic E-state index is 0.351. The normalized spacial score (nSPS) is 11.3. The van der Waals surface area contributed by atoms with E-state index in [0.29, 0.717) is 17.4 Å². The van der Waals surface area contributed by atoms with E-state index >= 15 is 0 Å². The summed E-state index contributed by atoms with van der Waals surface area (Å²) in [4.78, 5) is 5.66. The Hall–Kier alpha value is -0.740. The molecule has 2 nitrogen and oxygen atoms in total. The Morgan fingerprint density at radius 1 is 1.16 bits per heavy atom. The van der Waals surface area contributed by atoms with Gasteiger partial charge in [-0.25, -0.2) is 4.98 Å². The van der Waals surface area contributed by atoms with Gasteiger partial charge in [0.1, 0.15) is 5.82 Å². The van der Waals surface area contributed by atoms with Gasteiger partial charge in [0.15, 0.2) is 0 Å². The van der Waals surface area contributed by atoms with Gasteiger partial charge in [0.2, 0.25) is 0 Å². The van der Waals surface area contributed by atoms with Crippen molar-refractivity contribution >= 4 is 57.2 Å². The van der Waals surface area contributed by atoms with E-state index in [1.165, 1.54) is 0 Å². The molecule has 19 heavy (non-hydrogen) atoms. The van der Waals surface area contributed by atoms with Crippen molar-refractivity contribution in [2.24, 2.45) is 0 Å². The Labute approximate surface area is 129 Å². The highest BCUT2D eigenvalue weighted by molar-refractivity contribution is 7.16. The van der Waals surface area contributed by atoms with Crippen molar-refractivity contribution in [1.29, 1.82) is 0 Å². The van der Waals surface area contributed by atoms with Crippen LogP contribution in [0.2, 0.25) is 9.36 Å². The van der Waals surface area contributed by atoms with Gasteiger partial charge in [-0.2, -0.15) is 0 Å². The first-order chi connectivity index (χ1) is 9.19. The molecule has 0 radical (unpaired) electrons. The Bertz CT molecular complexity index is 733. The van der Waals surface area contributed by atoms with Crippen LogP contribution in [0.1, 0.15) is 10.7 Å². The number of thiophene rings is 1. The minimum absolute atomic E-state index is 0.351. The lowest BCUT2D eigenvalue weighted by Gasteiger charge is -2.06. The quantitative estimate of drug-likeness (QED) is 0.604. The fraction of sp³-hybridized carbons (Fsp3) is 0.154. The monoisotopic (exact) mass is 330 g/mol. The van der Waals surface area contributed by atoms with Crippen LogP contribution in [0.15, 0.2) is 30.3 Å². The molecule has 0 fully saturated rings. The fourth-order valence-electron chi connectivity index (χ4n) is 2.05. The maximum Gasteiger partial charge on any atom is 0.125 e. The minimum Gasteiger partial charge on any atom is -0.320 e. The Kier molecular flexibility index (Phi) is 3.72.